The van der Waals surface area contributed by atoms with Crippen LogP contribution in [0.5, 0.6) is 0 Å². The molecule has 0 heterocycles. The largest absolute Gasteiger partial charge is 0.463 e. The lowest BCUT2D eigenvalue weighted by Crippen LogP contribution is -2.45. The SMILES string of the molecule is CCCCCC(=O)OC[C@@H](NC(=O)C(Cl)Cl)[C@H](O)c1ccc([N+](=O)[O-])cc1. The van der Waals surface area contributed by atoms with Crippen LogP contribution in [0.4, 0.5) is 5.69 Å². The molecule has 150 valence electrons. The van der Waals surface area contributed by atoms with Gasteiger partial charge in [-0.25, -0.2) is 0 Å². The lowest BCUT2D eigenvalue weighted by molar-refractivity contribution is -0.384. The number of hydrogen-bond donors (Lipinski definition) is 2. The van der Waals surface area contributed by atoms with E-state index >= 15 is 0 Å². The Hall–Kier alpha value is -1.90. The minimum absolute atomic E-state index is 0.143. The fourth-order valence-corrected chi connectivity index (χ4v) is 2.38. The second-order valence-electron chi connectivity index (χ2n) is 5.85. The first-order chi connectivity index (χ1) is 12.8. The highest BCUT2D eigenvalue weighted by Crippen LogP contribution is 2.21. The first-order valence-corrected chi connectivity index (χ1v) is 9.30. The van der Waals surface area contributed by atoms with Crippen molar-refractivity contribution in [3.8, 4) is 0 Å². The number of nitrogens with zero attached hydrogens (tertiary/aromatic N) is 1. The third-order valence-electron chi connectivity index (χ3n) is 3.76. The number of rotatable bonds is 11. The van der Waals surface area contributed by atoms with E-state index in [1.54, 1.807) is 0 Å². The van der Waals surface area contributed by atoms with Crippen LogP contribution in [-0.4, -0.2) is 39.4 Å². The molecule has 0 saturated heterocycles. The van der Waals surface area contributed by atoms with E-state index < -0.39 is 33.8 Å². The highest BCUT2D eigenvalue weighted by Gasteiger charge is 2.27. The maximum absolute atomic E-state index is 11.8. The first-order valence-electron chi connectivity index (χ1n) is 8.42. The van der Waals surface area contributed by atoms with Crippen molar-refractivity contribution in [2.45, 2.75) is 49.6 Å². The minimum atomic E-state index is -1.36. The van der Waals surface area contributed by atoms with Crippen molar-refractivity contribution >= 4 is 40.8 Å². The fourth-order valence-electron chi connectivity index (χ4n) is 2.26. The Morgan fingerprint density at radius 3 is 2.41 bits per heavy atom. The van der Waals surface area contributed by atoms with Crippen LogP contribution in [0.2, 0.25) is 0 Å². The number of amides is 1. The zero-order valence-electron chi connectivity index (χ0n) is 14.8. The second kappa shape index (κ2) is 11.7. The smallest absolute Gasteiger partial charge is 0.305 e. The van der Waals surface area contributed by atoms with Gasteiger partial charge in [0.1, 0.15) is 12.7 Å². The molecule has 1 amide bonds. The quantitative estimate of drug-likeness (QED) is 0.186. The number of non-ortho nitro benzene ring substituents is 1. The topological polar surface area (TPSA) is 119 Å². The number of nitro groups is 1. The highest BCUT2D eigenvalue weighted by molar-refractivity contribution is 6.53. The van der Waals surface area contributed by atoms with Gasteiger partial charge in [-0.2, -0.15) is 0 Å². The van der Waals surface area contributed by atoms with E-state index in [2.05, 4.69) is 5.32 Å². The molecule has 0 fully saturated rings. The van der Waals surface area contributed by atoms with E-state index in [1.807, 2.05) is 6.92 Å². The van der Waals surface area contributed by atoms with Crippen molar-refractivity contribution in [1.29, 1.82) is 0 Å². The van der Waals surface area contributed by atoms with Crippen LogP contribution in [0.1, 0.15) is 44.3 Å². The van der Waals surface area contributed by atoms with Gasteiger partial charge in [0.2, 0.25) is 0 Å². The normalized spacial score (nSPS) is 13.1. The summed E-state index contributed by atoms with van der Waals surface area (Å²) in [6.45, 7) is 1.71. The van der Waals surface area contributed by atoms with E-state index in [9.17, 15) is 24.8 Å². The molecule has 0 aliphatic heterocycles. The van der Waals surface area contributed by atoms with Gasteiger partial charge < -0.3 is 15.2 Å². The summed E-state index contributed by atoms with van der Waals surface area (Å²) < 4.78 is 5.13. The summed E-state index contributed by atoms with van der Waals surface area (Å²) in [5, 5.41) is 23.6. The number of alkyl halides is 2. The van der Waals surface area contributed by atoms with Gasteiger partial charge >= 0.3 is 5.97 Å². The summed E-state index contributed by atoms with van der Waals surface area (Å²) >= 11 is 11.0. The maximum Gasteiger partial charge on any atom is 0.305 e. The average Bonchev–Trinajstić information content (AvgIpc) is 2.64. The molecule has 0 aliphatic rings. The summed E-state index contributed by atoms with van der Waals surface area (Å²) in [5.74, 6) is -1.21. The van der Waals surface area contributed by atoms with Gasteiger partial charge in [-0.3, -0.25) is 19.7 Å². The molecule has 0 aromatic heterocycles. The predicted octanol–water partition coefficient (Wildman–Crippen LogP) is 3.04. The zero-order valence-corrected chi connectivity index (χ0v) is 16.3. The number of halogens is 2. The molecule has 0 aliphatic carbocycles. The predicted molar refractivity (Wildman–Crippen MR) is 101 cm³/mol. The molecule has 0 radical (unpaired) electrons. The monoisotopic (exact) mass is 420 g/mol. The van der Waals surface area contributed by atoms with Crippen LogP contribution >= 0.6 is 23.2 Å². The molecule has 0 spiro atoms. The molecule has 8 nitrogen and oxygen atoms in total. The lowest BCUT2D eigenvalue weighted by Gasteiger charge is -2.24. The van der Waals surface area contributed by atoms with Crippen LogP contribution in [0.15, 0.2) is 24.3 Å². The molecule has 1 rings (SSSR count). The second-order valence-corrected chi connectivity index (χ2v) is 6.95. The third-order valence-corrected chi connectivity index (χ3v) is 4.16. The molecule has 1 aromatic carbocycles. The number of unbranched alkanes of at least 4 members (excludes halogenated alkanes) is 2. The Kier molecular flexibility index (Phi) is 10.1. The maximum atomic E-state index is 11.8. The van der Waals surface area contributed by atoms with Gasteiger partial charge in [-0.15, -0.1) is 0 Å². The van der Waals surface area contributed by atoms with Crippen LogP contribution in [0.3, 0.4) is 0 Å². The zero-order chi connectivity index (χ0) is 20.4. The fraction of sp³-hybridized carbons (Fsp3) is 0.529. The van der Waals surface area contributed by atoms with Crippen molar-refractivity contribution < 1.29 is 24.4 Å². The lowest BCUT2D eigenvalue weighted by atomic mass is 10.0. The summed E-state index contributed by atoms with van der Waals surface area (Å²) in [6, 6.07) is 4.13. The van der Waals surface area contributed by atoms with E-state index in [4.69, 9.17) is 27.9 Å². The summed E-state index contributed by atoms with van der Waals surface area (Å²) in [6.07, 6.45) is 1.47. The molecule has 0 saturated carbocycles. The van der Waals surface area contributed by atoms with Crippen LogP contribution in [0, 0.1) is 10.1 Å². The summed E-state index contributed by atoms with van der Waals surface area (Å²) in [7, 11) is 0. The van der Waals surface area contributed by atoms with Crippen LogP contribution < -0.4 is 5.32 Å². The molecular weight excluding hydrogens is 399 g/mol. The van der Waals surface area contributed by atoms with Gasteiger partial charge in [-0.05, 0) is 24.1 Å². The highest BCUT2D eigenvalue weighted by atomic mass is 35.5. The number of carbonyl (C=O) groups excluding carboxylic acids is 2. The van der Waals surface area contributed by atoms with Gasteiger partial charge in [0.25, 0.3) is 11.6 Å². The molecule has 0 unspecified atom stereocenters. The van der Waals surface area contributed by atoms with Gasteiger partial charge in [-0.1, -0.05) is 43.0 Å². The molecule has 0 bridgehead atoms. The van der Waals surface area contributed by atoms with Crippen molar-refractivity contribution in [3.63, 3.8) is 0 Å². The molecule has 10 heteroatoms. The standard InChI is InChI=1S/C17H22Cl2N2O6/c1-2-3-4-5-14(22)27-10-13(20-17(24)16(18)19)15(23)11-6-8-12(9-7-11)21(25)26/h6-9,13,15-16,23H,2-5,10H2,1H3,(H,20,24)/t13-,15-/m1/s1. The summed E-state index contributed by atoms with van der Waals surface area (Å²) in [5.41, 5.74) is 0.157. The number of aliphatic hydroxyl groups excluding tert-OH is 1. The number of hydrogen-bond acceptors (Lipinski definition) is 6. The molecule has 27 heavy (non-hydrogen) atoms. The van der Waals surface area contributed by atoms with E-state index in [0.717, 1.165) is 12.8 Å². The number of aliphatic hydroxyl groups is 1. The van der Waals surface area contributed by atoms with Crippen molar-refractivity contribution in [3.05, 3.63) is 39.9 Å². The van der Waals surface area contributed by atoms with Crippen molar-refractivity contribution in [2.24, 2.45) is 0 Å². The van der Waals surface area contributed by atoms with Crippen molar-refractivity contribution in [2.75, 3.05) is 6.61 Å². The Morgan fingerprint density at radius 1 is 1.26 bits per heavy atom. The number of carbonyl (C=O) groups is 2. The number of benzene rings is 1. The molecule has 1 aromatic rings. The Balaban J connectivity index is 2.81. The van der Waals surface area contributed by atoms with E-state index in [0.29, 0.717) is 12.0 Å². The van der Waals surface area contributed by atoms with E-state index in [-0.39, 0.29) is 18.7 Å². The average molecular weight is 421 g/mol. The third kappa shape index (κ3) is 8.11. The number of ether oxygens (including phenoxy) is 1. The Labute approximate surface area is 166 Å². The Bertz CT molecular complexity index is 639. The molecule has 2 atom stereocenters. The summed E-state index contributed by atoms with van der Waals surface area (Å²) in [4.78, 5) is 32.3. The molecule has 2 N–H and O–H groups in total. The number of nitrogens with one attached hydrogen (secondary N) is 1. The van der Waals surface area contributed by atoms with Crippen LogP contribution in [-0.2, 0) is 14.3 Å². The van der Waals surface area contributed by atoms with Crippen molar-refractivity contribution in [1.82, 2.24) is 5.32 Å². The first kappa shape index (κ1) is 23.1. The van der Waals surface area contributed by atoms with Gasteiger partial charge in [0, 0.05) is 18.6 Å². The van der Waals surface area contributed by atoms with Crippen LogP contribution in [0.25, 0.3) is 0 Å². The minimum Gasteiger partial charge on any atom is -0.463 e. The van der Waals surface area contributed by atoms with Gasteiger partial charge in [0.15, 0.2) is 4.84 Å². The number of esters is 1. The number of nitro benzene ring substituents is 1. The molecular formula is C17H22Cl2N2O6. The Morgan fingerprint density at radius 2 is 1.89 bits per heavy atom. The van der Waals surface area contributed by atoms with Gasteiger partial charge in [0.05, 0.1) is 11.0 Å². The van der Waals surface area contributed by atoms with E-state index in [1.165, 1.54) is 24.3 Å².